The Morgan fingerprint density at radius 1 is 0.340 bits per heavy atom. The second-order valence-corrected chi connectivity index (χ2v) is 12.9. The molecule has 0 saturated carbocycles. The van der Waals surface area contributed by atoms with Gasteiger partial charge in [0, 0.05) is 33.1 Å². The zero-order valence-corrected chi connectivity index (χ0v) is 27.3. The Hall–Kier alpha value is -6.64. The highest BCUT2D eigenvalue weighted by atomic mass is 16.3. The summed E-state index contributed by atoms with van der Waals surface area (Å²) in [7, 11) is 0. The molecule has 0 bridgehead atoms. The molecule has 0 saturated heterocycles. The third-order valence-corrected chi connectivity index (χ3v) is 10.0. The molecule has 2 nitrogen and oxygen atoms in total. The maximum atomic E-state index is 6.48. The van der Waals surface area contributed by atoms with Crippen molar-refractivity contribution in [2.24, 2.45) is 0 Å². The van der Waals surface area contributed by atoms with Crippen LogP contribution in [0.1, 0.15) is 0 Å². The molecule has 10 rings (SSSR count). The molecule has 0 aliphatic rings. The van der Waals surface area contributed by atoms with Gasteiger partial charge in [0.1, 0.15) is 11.2 Å². The molecular formula is C48H31NO. The number of anilines is 3. The van der Waals surface area contributed by atoms with Crippen LogP contribution < -0.4 is 4.90 Å². The molecule has 0 N–H and O–H groups in total. The monoisotopic (exact) mass is 637 g/mol. The predicted octanol–water partition coefficient (Wildman–Crippen LogP) is 13.8. The Labute approximate surface area is 290 Å². The molecule has 1 aromatic heterocycles. The van der Waals surface area contributed by atoms with Crippen LogP contribution in [0.25, 0.3) is 76.5 Å². The topological polar surface area (TPSA) is 16.4 Å². The normalized spacial score (nSPS) is 11.6. The number of fused-ring (bicyclic) bond motifs is 7. The molecule has 50 heavy (non-hydrogen) atoms. The van der Waals surface area contributed by atoms with Crippen LogP contribution >= 0.6 is 0 Å². The van der Waals surface area contributed by atoms with Crippen molar-refractivity contribution in [2.75, 3.05) is 4.90 Å². The first-order chi connectivity index (χ1) is 24.8. The largest absolute Gasteiger partial charge is 0.455 e. The van der Waals surface area contributed by atoms with Gasteiger partial charge in [-0.05, 0) is 92.2 Å². The first-order valence-electron chi connectivity index (χ1n) is 17.1. The lowest BCUT2D eigenvalue weighted by Crippen LogP contribution is -2.11. The van der Waals surface area contributed by atoms with Gasteiger partial charge in [-0.25, -0.2) is 0 Å². The van der Waals surface area contributed by atoms with E-state index in [2.05, 4.69) is 193 Å². The molecule has 0 spiro atoms. The number of hydrogen-bond acceptors (Lipinski definition) is 2. The summed E-state index contributed by atoms with van der Waals surface area (Å²) in [5, 5.41) is 9.51. The summed E-state index contributed by atoms with van der Waals surface area (Å²) in [5.74, 6) is 0. The van der Waals surface area contributed by atoms with Crippen molar-refractivity contribution < 1.29 is 4.42 Å². The SMILES string of the molecule is c1ccc(N(c2ccc(-c3cccc4ccccc34)cc2)c2ccc3ccccc3c2)c(-c2ccc3oc4c5ccccc5ccc4c3c2)c1. The number of para-hydroxylation sites is 1. The van der Waals surface area contributed by atoms with Gasteiger partial charge in [0.15, 0.2) is 0 Å². The van der Waals surface area contributed by atoms with Gasteiger partial charge in [0.25, 0.3) is 0 Å². The van der Waals surface area contributed by atoms with E-state index in [4.69, 9.17) is 4.42 Å². The molecule has 2 heteroatoms. The summed E-state index contributed by atoms with van der Waals surface area (Å²) in [6.45, 7) is 0. The van der Waals surface area contributed by atoms with E-state index in [-0.39, 0.29) is 0 Å². The average molecular weight is 638 g/mol. The second-order valence-electron chi connectivity index (χ2n) is 12.9. The summed E-state index contributed by atoms with van der Waals surface area (Å²) >= 11 is 0. The van der Waals surface area contributed by atoms with Gasteiger partial charge in [-0.15, -0.1) is 0 Å². The van der Waals surface area contributed by atoms with Crippen molar-refractivity contribution in [1.29, 1.82) is 0 Å². The summed E-state index contributed by atoms with van der Waals surface area (Å²) in [5.41, 5.74) is 9.87. The van der Waals surface area contributed by atoms with Crippen LogP contribution in [-0.2, 0) is 0 Å². The highest BCUT2D eigenvalue weighted by Crippen LogP contribution is 2.44. The maximum Gasteiger partial charge on any atom is 0.143 e. The Morgan fingerprint density at radius 2 is 0.960 bits per heavy atom. The van der Waals surface area contributed by atoms with Gasteiger partial charge < -0.3 is 9.32 Å². The van der Waals surface area contributed by atoms with Crippen LogP contribution in [0.5, 0.6) is 0 Å². The van der Waals surface area contributed by atoms with E-state index in [1.54, 1.807) is 0 Å². The lowest BCUT2D eigenvalue weighted by Gasteiger charge is -2.28. The number of hydrogen-bond donors (Lipinski definition) is 0. The third-order valence-electron chi connectivity index (χ3n) is 10.0. The molecule has 234 valence electrons. The standard InChI is InChI=1S/C48H31NO/c1-2-13-36-30-39(27-20-32(36)10-1)49(38-25-21-35(22-26-38)41-18-9-14-33-11-3-5-15-40(33)41)46-19-8-7-16-42(46)37-24-29-47-45(31-37)44-28-23-34-12-4-6-17-43(34)48(44)50-47/h1-31H. The smallest absolute Gasteiger partial charge is 0.143 e. The number of nitrogens with zero attached hydrogens (tertiary/aromatic N) is 1. The molecule has 0 fully saturated rings. The van der Waals surface area contributed by atoms with Crippen molar-refractivity contribution >= 4 is 71.3 Å². The molecule has 0 radical (unpaired) electrons. The van der Waals surface area contributed by atoms with Gasteiger partial charge >= 0.3 is 0 Å². The van der Waals surface area contributed by atoms with E-state index in [9.17, 15) is 0 Å². The first-order valence-corrected chi connectivity index (χ1v) is 17.1. The van der Waals surface area contributed by atoms with Gasteiger partial charge in [-0.3, -0.25) is 0 Å². The van der Waals surface area contributed by atoms with Gasteiger partial charge in [0.2, 0.25) is 0 Å². The van der Waals surface area contributed by atoms with Gasteiger partial charge in [-0.1, -0.05) is 140 Å². The summed E-state index contributed by atoms with van der Waals surface area (Å²) in [4.78, 5) is 2.39. The predicted molar refractivity (Wildman–Crippen MR) is 212 cm³/mol. The van der Waals surface area contributed by atoms with E-state index in [1.165, 1.54) is 38.1 Å². The number of rotatable bonds is 5. The minimum atomic E-state index is 0.896. The molecule has 0 aliphatic carbocycles. The zero-order chi connectivity index (χ0) is 33.0. The van der Waals surface area contributed by atoms with Crippen LogP contribution in [-0.4, -0.2) is 0 Å². The second kappa shape index (κ2) is 11.5. The van der Waals surface area contributed by atoms with Crippen molar-refractivity contribution in [3.63, 3.8) is 0 Å². The summed E-state index contributed by atoms with van der Waals surface area (Å²) in [6.07, 6.45) is 0. The fourth-order valence-electron chi connectivity index (χ4n) is 7.59. The lowest BCUT2D eigenvalue weighted by atomic mass is 9.97. The third kappa shape index (κ3) is 4.65. The molecule has 1 heterocycles. The van der Waals surface area contributed by atoms with E-state index in [1.807, 2.05) is 0 Å². The molecular weight excluding hydrogens is 607 g/mol. The molecule has 9 aromatic carbocycles. The fraction of sp³-hybridized carbons (Fsp3) is 0. The highest BCUT2D eigenvalue weighted by Gasteiger charge is 2.19. The molecule has 0 unspecified atom stereocenters. The molecule has 0 aliphatic heterocycles. The van der Waals surface area contributed by atoms with Crippen LogP contribution in [0.3, 0.4) is 0 Å². The number of benzene rings is 9. The van der Waals surface area contributed by atoms with Crippen molar-refractivity contribution in [2.45, 2.75) is 0 Å². The Bertz CT molecular complexity index is 2870. The molecule has 0 atom stereocenters. The average Bonchev–Trinajstić information content (AvgIpc) is 3.57. The molecule has 0 amide bonds. The maximum absolute atomic E-state index is 6.48. The quantitative estimate of drug-likeness (QED) is 0.187. The van der Waals surface area contributed by atoms with E-state index in [0.717, 1.165) is 55.5 Å². The van der Waals surface area contributed by atoms with Crippen LogP contribution in [0.4, 0.5) is 17.1 Å². The van der Waals surface area contributed by atoms with Gasteiger partial charge in [0.05, 0.1) is 5.69 Å². The van der Waals surface area contributed by atoms with Gasteiger partial charge in [-0.2, -0.15) is 0 Å². The zero-order valence-electron chi connectivity index (χ0n) is 27.3. The minimum absolute atomic E-state index is 0.896. The number of furan rings is 1. The van der Waals surface area contributed by atoms with E-state index in [0.29, 0.717) is 0 Å². The summed E-state index contributed by atoms with van der Waals surface area (Å²) < 4.78 is 6.48. The Morgan fingerprint density at radius 3 is 1.82 bits per heavy atom. The van der Waals surface area contributed by atoms with Crippen LogP contribution in [0.2, 0.25) is 0 Å². The lowest BCUT2D eigenvalue weighted by molar-refractivity contribution is 0.672. The van der Waals surface area contributed by atoms with Crippen molar-refractivity contribution in [3.8, 4) is 22.3 Å². The first kappa shape index (κ1) is 28.4. The van der Waals surface area contributed by atoms with Crippen molar-refractivity contribution in [3.05, 3.63) is 188 Å². The van der Waals surface area contributed by atoms with E-state index >= 15 is 0 Å². The molecule has 10 aromatic rings. The minimum Gasteiger partial charge on any atom is -0.455 e. The Kier molecular flexibility index (Phi) is 6.53. The summed E-state index contributed by atoms with van der Waals surface area (Å²) in [6, 6.07) is 67.6. The van der Waals surface area contributed by atoms with Crippen molar-refractivity contribution in [1.82, 2.24) is 0 Å². The van der Waals surface area contributed by atoms with Crippen LogP contribution in [0.15, 0.2) is 192 Å². The fourth-order valence-corrected chi connectivity index (χ4v) is 7.59. The van der Waals surface area contributed by atoms with E-state index < -0.39 is 0 Å². The van der Waals surface area contributed by atoms with Crippen LogP contribution in [0, 0.1) is 0 Å². The highest BCUT2D eigenvalue weighted by molar-refractivity contribution is 6.15. The Balaban J connectivity index is 1.15.